The molecule has 0 radical (unpaired) electrons. The Kier molecular flexibility index (Phi) is 5.46. The van der Waals surface area contributed by atoms with Crippen molar-refractivity contribution in [2.45, 2.75) is 45.7 Å². The highest BCUT2D eigenvalue weighted by molar-refractivity contribution is 5.81. The fourth-order valence-electron chi connectivity index (χ4n) is 4.99. The Morgan fingerprint density at radius 2 is 1.94 bits per heavy atom. The Labute approximate surface area is 200 Å². The predicted molar refractivity (Wildman–Crippen MR) is 135 cm³/mol. The van der Waals surface area contributed by atoms with Crippen molar-refractivity contribution in [3.63, 3.8) is 0 Å². The number of nitrogens with one attached hydrogen (secondary N) is 2. The predicted octanol–water partition coefficient (Wildman–Crippen LogP) is 4.18. The van der Waals surface area contributed by atoms with E-state index in [9.17, 15) is 0 Å². The Bertz CT molecular complexity index is 1290. The number of aromatic amines is 1. The fraction of sp³-hybridized carbons (Fsp3) is 0.444. The molecule has 176 valence electrons. The molecule has 1 aliphatic carbocycles. The summed E-state index contributed by atoms with van der Waals surface area (Å²) in [6.45, 7) is 9.92. The van der Waals surface area contributed by atoms with E-state index in [1.54, 1.807) is 0 Å². The Morgan fingerprint density at radius 3 is 2.76 bits per heavy atom. The average molecular weight is 456 g/mol. The topological polar surface area (TPSA) is 74.7 Å². The molecule has 4 aromatic rings. The lowest BCUT2D eigenvalue weighted by atomic mass is 10.1. The van der Waals surface area contributed by atoms with Gasteiger partial charge in [-0.05, 0) is 60.6 Å². The van der Waals surface area contributed by atoms with Gasteiger partial charge in [-0.1, -0.05) is 13.0 Å². The molecule has 1 saturated carbocycles. The molecule has 1 saturated heterocycles. The first-order chi connectivity index (χ1) is 16.5. The number of nitrogens with zero attached hydrogens (tertiary/aromatic N) is 5. The van der Waals surface area contributed by atoms with Gasteiger partial charge in [0.05, 0.1) is 17.2 Å². The van der Waals surface area contributed by atoms with E-state index in [1.807, 2.05) is 12.4 Å². The van der Waals surface area contributed by atoms with Crippen LogP contribution in [0, 0.1) is 5.41 Å². The number of benzene rings is 1. The molecule has 3 aromatic heterocycles. The quantitative estimate of drug-likeness (QED) is 0.437. The van der Waals surface area contributed by atoms with Crippen molar-refractivity contribution in [1.82, 2.24) is 34.9 Å². The molecule has 6 rings (SSSR count). The van der Waals surface area contributed by atoms with E-state index in [1.165, 1.54) is 24.0 Å². The highest BCUT2D eigenvalue weighted by Gasteiger charge is 2.37. The minimum atomic E-state index is 0.394. The van der Waals surface area contributed by atoms with Gasteiger partial charge in [-0.25, -0.2) is 4.98 Å². The first-order valence-corrected chi connectivity index (χ1v) is 12.5. The summed E-state index contributed by atoms with van der Waals surface area (Å²) in [6.07, 6.45) is 9.37. The van der Waals surface area contributed by atoms with Gasteiger partial charge in [0.25, 0.3) is 0 Å². The maximum absolute atomic E-state index is 4.83. The van der Waals surface area contributed by atoms with Gasteiger partial charge >= 0.3 is 0 Å². The summed E-state index contributed by atoms with van der Waals surface area (Å²) in [5, 5.41) is 8.02. The second-order valence-corrected chi connectivity index (χ2v) is 10.4. The summed E-state index contributed by atoms with van der Waals surface area (Å²) >= 11 is 0. The molecular formula is C27H33N7. The van der Waals surface area contributed by atoms with Gasteiger partial charge in [-0.3, -0.25) is 14.6 Å². The largest absolute Gasteiger partial charge is 0.342 e. The summed E-state index contributed by atoms with van der Waals surface area (Å²) < 4.78 is 2.09. The monoisotopic (exact) mass is 455 g/mol. The first kappa shape index (κ1) is 21.5. The van der Waals surface area contributed by atoms with Crippen LogP contribution in [0.4, 0.5) is 0 Å². The Balaban J connectivity index is 1.19. The SMILES string of the molecule is CC(c1ccnc(Cc2nc3ccc(-c4cnn(CC5(C)CC5)c4)cc3[nH]2)c1)N1CCNCC1. The molecule has 7 heteroatoms. The molecule has 0 spiro atoms. The van der Waals surface area contributed by atoms with Crippen LogP contribution in [-0.2, 0) is 13.0 Å². The van der Waals surface area contributed by atoms with Gasteiger partial charge in [0.15, 0.2) is 0 Å². The summed E-state index contributed by atoms with van der Waals surface area (Å²) in [7, 11) is 0. The molecule has 2 aliphatic rings. The van der Waals surface area contributed by atoms with Crippen molar-refractivity contribution < 1.29 is 0 Å². The number of aromatic nitrogens is 5. The molecule has 1 unspecified atom stereocenters. The lowest BCUT2D eigenvalue weighted by Gasteiger charge is -2.33. The van der Waals surface area contributed by atoms with Crippen molar-refractivity contribution in [2.24, 2.45) is 5.41 Å². The number of hydrogen-bond acceptors (Lipinski definition) is 5. The van der Waals surface area contributed by atoms with Gasteiger partial charge < -0.3 is 10.3 Å². The highest BCUT2D eigenvalue weighted by Crippen LogP contribution is 2.46. The molecule has 1 atom stereocenters. The summed E-state index contributed by atoms with van der Waals surface area (Å²) in [6, 6.07) is 11.2. The summed E-state index contributed by atoms with van der Waals surface area (Å²) in [5.74, 6) is 0.948. The van der Waals surface area contributed by atoms with E-state index < -0.39 is 0 Å². The molecular weight excluding hydrogens is 422 g/mol. The molecule has 4 heterocycles. The zero-order valence-electron chi connectivity index (χ0n) is 20.1. The lowest BCUT2D eigenvalue weighted by molar-refractivity contribution is 0.185. The number of hydrogen-bond donors (Lipinski definition) is 2. The normalized spacial score (nSPS) is 18.9. The number of fused-ring (bicyclic) bond motifs is 1. The molecule has 2 fully saturated rings. The van der Waals surface area contributed by atoms with Crippen molar-refractivity contribution in [2.75, 3.05) is 26.2 Å². The maximum Gasteiger partial charge on any atom is 0.113 e. The van der Waals surface area contributed by atoms with Crippen LogP contribution in [0.3, 0.4) is 0 Å². The average Bonchev–Trinajstić information content (AvgIpc) is 3.22. The van der Waals surface area contributed by atoms with Crippen LogP contribution in [0.5, 0.6) is 0 Å². The summed E-state index contributed by atoms with van der Waals surface area (Å²) in [4.78, 5) is 15.5. The van der Waals surface area contributed by atoms with Crippen LogP contribution in [0.25, 0.3) is 22.2 Å². The van der Waals surface area contributed by atoms with Gasteiger partial charge in [0, 0.05) is 68.8 Å². The minimum absolute atomic E-state index is 0.394. The van der Waals surface area contributed by atoms with Crippen LogP contribution in [0.1, 0.15) is 49.8 Å². The third kappa shape index (κ3) is 4.50. The van der Waals surface area contributed by atoms with Crippen molar-refractivity contribution in [3.8, 4) is 11.1 Å². The number of pyridine rings is 1. The molecule has 0 amide bonds. The van der Waals surface area contributed by atoms with Crippen molar-refractivity contribution in [1.29, 1.82) is 0 Å². The molecule has 7 nitrogen and oxygen atoms in total. The van der Waals surface area contributed by atoms with Crippen LogP contribution < -0.4 is 5.32 Å². The second kappa shape index (κ2) is 8.64. The number of piperazine rings is 1. The van der Waals surface area contributed by atoms with Gasteiger partial charge in [0.2, 0.25) is 0 Å². The van der Waals surface area contributed by atoms with Crippen LogP contribution in [0.2, 0.25) is 0 Å². The number of rotatable bonds is 7. The smallest absolute Gasteiger partial charge is 0.113 e. The van der Waals surface area contributed by atoms with Crippen molar-refractivity contribution >= 4 is 11.0 Å². The zero-order chi connectivity index (χ0) is 23.1. The van der Waals surface area contributed by atoms with Gasteiger partial charge in [-0.2, -0.15) is 5.10 Å². The third-order valence-electron chi connectivity index (χ3n) is 7.52. The molecule has 1 aromatic carbocycles. The molecule has 2 N–H and O–H groups in total. The third-order valence-corrected chi connectivity index (χ3v) is 7.52. The lowest BCUT2D eigenvalue weighted by Crippen LogP contribution is -2.44. The number of imidazole rings is 1. The summed E-state index contributed by atoms with van der Waals surface area (Å²) in [5.41, 5.74) is 7.18. The fourth-order valence-corrected chi connectivity index (χ4v) is 4.99. The highest BCUT2D eigenvalue weighted by atomic mass is 15.3. The molecule has 0 bridgehead atoms. The van der Waals surface area contributed by atoms with E-state index in [4.69, 9.17) is 4.98 Å². The zero-order valence-corrected chi connectivity index (χ0v) is 20.1. The second-order valence-electron chi connectivity index (χ2n) is 10.4. The standard InChI is InChI=1S/C27H33N7/c1-19(33-11-9-28-10-12-33)20-5-8-29-23(13-20)15-26-31-24-4-3-21(14-25(24)32-26)22-16-30-34(17-22)18-27(2)6-7-27/h3-5,8,13-14,16-17,19,28H,6-7,9-12,15,18H2,1-2H3,(H,31,32). The van der Waals surface area contributed by atoms with Crippen molar-refractivity contribution in [3.05, 3.63) is 66.0 Å². The Hall–Kier alpha value is -3.03. The van der Waals surface area contributed by atoms with Crippen LogP contribution in [0.15, 0.2) is 48.9 Å². The van der Waals surface area contributed by atoms with Crippen LogP contribution in [-0.4, -0.2) is 55.8 Å². The minimum Gasteiger partial charge on any atom is -0.342 e. The van der Waals surface area contributed by atoms with E-state index in [0.717, 1.165) is 60.8 Å². The number of H-pyrrole nitrogens is 1. The van der Waals surface area contributed by atoms with Crippen LogP contribution >= 0.6 is 0 Å². The van der Waals surface area contributed by atoms with Gasteiger partial charge in [0.1, 0.15) is 5.82 Å². The van der Waals surface area contributed by atoms with Gasteiger partial charge in [-0.15, -0.1) is 0 Å². The van der Waals surface area contributed by atoms with E-state index >= 15 is 0 Å². The molecule has 34 heavy (non-hydrogen) atoms. The maximum atomic E-state index is 4.83. The van der Waals surface area contributed by atoms with E-state index in [-0.39, 0.29) is 0 Å². The Morgan fingerprint density at radius 1 is 1.09 bits per heavy atom. The first-order valence-electron chi connectivity index (χ1n) is 12.5. The van der Waals surface area contributed by atoms with E-state index in [0.29, 0.717) is 17.9 Å². The van der Waals surface area contributed by atoms with E-state index in [2.05, 4.69) is 80.3 Å². The molecule has 1 aliphatic heterocycles.